The largest absolute Gasteiger partial charge is 0.494 e. The van der Waals surface area contributed by atoms with Gasteiger partial charge in [-0.15, -0.1) is 11.8 Å². The molecule has 7 heteroatoms. The Labute approximate surface area is 143 Å². The lowest BCUT2D eigenvalue weighted by molar-refractivity contribution is -0.384. The maximum atomic E-state index is 12.3. The van der Waals surface area contributed by atoms with Gasteiger partial charge in [0.15, 0.2) is 0 Å². The van der Waals surface area contributed by atoms with E-state index in [-0.39, 0.29) is 17.0 Å². The van der Waals surface area contributed by atoms with E-state index in [9.17, 15) is 14.9 Å². The van der Waals surface area contributed by atoms with E-state index in [1.165, 1.54) is 23.9 Å². The Morgan fingerprint density at radius 1 is 1.29 bits per heavy atom. The summed E-state index contributed by atoms with van der Waals surface area (Å²) in [7, 11) is 0. The third kappa shape index (κ3) is 3.21. The lowest BCUT2D eigenvalue weighted by Crippen LogP contribution is -2.27. The van der Waals surface area contributed by atoms with Gasteiger partial charge in [0.1, 0.15) is 11.1 Å². The minimum Gasteiger partial charge on any atom is -0.494 e. The molecule has 3 rings (SSSR count). The van der Waals surface area contributed by atoms with Crippen molar-refractivity contribution in [2.75, 3.05) is 17.3 Å². The van der Waals surface area contributed by atoms with Crippen molar-refractivity contribution < 1.29 is 14.5 Å². The quantitative estimate of drug-likeness (QED) is 0.610. The standard InChI is InChI=1S/C17H16N2O4S/c1-2-23-15-8-6-13(7-9-15)18-16(20)11-24-17(18)12-4-3-5-14(10-12)19(21)22/h3-10,17H,2,11H2,1H3/t17-/m0/s1. The van der Waals surface area contributed by atoms with E-state index in [1.54, 1.807) is 11.0 Å². The summed E-state index contributed by atoms with van der Waals surface area (Å²) in [5.74, 6) is 1.08. The first-order valence-electron chi connectivity index (χ1n) is 7.51. The molecule has 0 saturated carbocycles. The summed E-state index contributed by atoms with van der Waals surface area (Å²) in [4.78, 5) is 24.6. The second-order valence-electron chi connectivity index (χ2n) is 5.21. The number of rotatable bonds is 5. The van der Waals surface area contributed by atoms with Crippen LogP contribution in [0.15, 0.2) is 48.5 Å². The highest BCUT2D eigenvalue weighted by Gasteiger charge is 2.34. The van der Waals surface area contributed by atoms with Crippen molar-refractivity contribution in [1.82, 2.24) is 0 Å². The van der Waals surface area contributed by atoms with E-state index in [0.717, 1.165) is 17.0 Å². The van der Waals surface area contributed by atoms with Crippen molar-refractivity contribution in [3.63, 3.8) is 0 Å². The smallest absolute Gasteiger partial charge is 0.269 e. The van der Waals surface area contributed by atoms with Gasteiger partial charge in [-0.05, 0) is 36.8 Å². The zero-order valence-electron chi connectivity index (χ0n) is 13.0. The lowest BCUT2D eigenvalue weighted by atomic mass is 10.1. The number of non-ortho nitro benzene ring substituents is 1. The molecule has 1 fully saturated rings. The van der Waals surface area contributed by atoms with Crippen molar-refractivity contribution in [2.24, 2.45) is 0 Å². The van der Waals surface area contributed by atoms with Gasteiger partial charge >= 0.3 is 0 Å². The van der Waals surface area contributed by atoms with Gasteiger partial charge in [-0.1, -0.05) is 12.1 Å². The van der Waals surface area contributed by atoms with E-state index in [1.807, 2.05) is 37.3 Å². The second-order valence-corrected chi connectivity index (χ2v) is 6.27. The normalized spacial score (nSPS) is 17.1. The molecule has 1 heterocycles. The molecule has 24 heavy (non-hydrogen) atoms. The van der Waals surface area contributed by atoms with Gasteiger partial charge in [0, 0.05) is 17.8 Å². The van der Waals surface area contributed by atoms with Gasteiger partial charge in [-0.2, -0.15) is 0 Å². The predicted octanol–water partition coefficient (Wildman–Crippen LogP) is 3.77. The predicted molar refractivity (Wildman–Crippen MR) is 93.4 cm³/mol. The maximum absolute atomic E-state index is 12.3. The third-order valence-electron chi connectivity index (χ3n) is 3.66. The van der Waals surface area contributed by atoms with Crippen LogP contribution in [0.3, 0.4) is 0 Å². The number of thioether (sulfide) groups is 1. The highest BCUT2D eigenvalue weighted by Crippen LogP contribution is 2.42. The van der Waals surface area contributed by atoms with E-state index in [4.69, 9.17) is 4.74 Å². The number of nitrogens with zero attached hydrogens (tertiary/aromatic N) is 2. The van der Waals surface area contributed by atoms with E-state index in [0.29, 0.717) is 12.4 Å². The second kappa shape index (κ2) is 6.92. The van der Waals surface area contributed by atoms with Crippen molar-refractivity contribution in [3.8, 4) is 5.75 Å². The topological polar surface area (TPSA) is 72.7 Å². The summed E-state index contributed by atoms with van der Waals surface area (Å²) in [6.45, 7) is 2.49. The zero-order chi connectivity index (χ0) is 17.1. The average molecular weight is 344 g/mol. The van der Waals surface area contributed by atoms with Crippen molar-refractivity contribution in [2.45, 2.75) is 12.3 Å². The number of hydrogen-bond acceptors (Lipinski definition) is 5. The van der Waals surface area contributed by atoms with Crippen LogP contribution in [0, 0.1) is 10.1 Å². The molecule has 6 nitrogen and oxygen atoms in total. The number of ether oxygens (including phenoxy) is 1. The van der Waals surface area contributed by atoms with E-state index in [2.05, 4.69) is 0 Å². The Hall–Kier alpha value is -2.54. The first-order chi connectivity index (χ1) is 11.6. The fourth-order valence-electron chi connectivity index (χ4n) is 2.61. The molecule has 1 aliphatic heterocycles. The van der Waals surface area contributed by atoms with Crippen LogP contribution >= 0.6 is 11.8 Å². The van der Waals surface area contributed by atoms with E-state index >= 15 is 0 Å². The zero-order valence-corrected chi connectivity index (χ0v) is 13.9. The number of amides is 1. The number of nitro benzene ring substituents is 1. The van der Waals surface area contributed by atoms with Gasteiger partial charge in [-0.25, -0.2) is 0 Å². The fraction of sp³-hybridized carbons (Fsp3) is 0.235. The number of nitro groups is 1. The monoisotopic (exact) mass is 344 g/mol. The van der Waals surface area contributed by atoms with Crippen LogP contribution in [-0.2, 0) is 4.79 Å². The van der Waals surface area contributed by atoms with Gasteiger partial charge < -0.3 is 4.74 Å². The molecule has 1 aliphatic rings. The molecule has 0 spiro atoms. The molecule has 2 aromatic rings. The first kappa shape index (κ1) is 16.3. The summed E-state index contributed by atoms with van der Waals surface area (Å²) in [6.07, 6.45) is 0. The highest BCUT2D eigenvalue weighted by molar-refractivity contribution is 8.00. The summed E-state index contributed by atoms with van der Waals surface area (Å²) in [6, 6.07) is 13.7. The van der Waals surface area contributed by atoms with E-state index < -0.39 is 4.92 Å². The van der Waals surface area contributed by atoms with Crippen LogP contribution in [0.5, 0.6) is 5.75 Å². The number of anilines is 1. The summed E-state index contributed by atoms with van der Waals surface area (Å²) in [5, 5.41) is 10.7. The SMILES string of the molecule is CCOc1ccc(N2C(=O)CS[C@H]2c2cccc([N+](=O)[O-])c2)cc1. The Morgan fingerprint density at radius 2 is 2.04 bits per heavy atom. The number of benzene rings is 2. The third-order valence-corrected chi connectivity index (χ3v) is 4.87. The summed E-state index contributed by atoms with van der Waals surface area (Å²) >= 11 is 1.46. The van der Waals surface area contributed by atoms with Crippen LogP contribution in [-0.4, -0.2) is 23.2 Å². The minimum absolute atomic E-state index is 0.0133. The maximum Gasteiger partial charge on any atom is 0.269 e. The van der Waals surface area contributed by atoms with Crippen LogP contribution in [0.4, 0.5) is 11.4 Å². The van der Waals surface area contributed by atoms with Crippen molar-refractivity contribution in [3.05, 3.63) is 64.2 Å². The average Bonchev–Trinajstić information content (AvgIpc) is 2.98. The molecule has 124 valence electrons. The van der Waals surface area contributed by atoms with Gasteiger partial charge in [0.2, 0.25) is 5.91 Å². The van der Waals surface area contributed by atoms with Crippen molar-refractivity contribution in [1.29, 1.82) is 0 Å². The molecule has 2 aromatic carbocycles. The minimum atomic E-state index is -0.424. The van der Waals surface area contributed by atoms with Crippen molar-refractivity contribution >= 4 is 29.0 Å². The fourth-order valence-corrected chi connectivity index (χ4v) is 3.78. The van der Waals surface area contributed by atoms with Crippen LogP contribution in [0.2, 0.25) is 0 Å². The highest BCUT2D eigenvalue weighted by atomic mass is 32.2. The summed E-state index contributed by atoms with van der Waals surface area (Å²) < 4.78 is 5.42. The summed E-state index contributed by atoms with van der Waals surface area (Å²) in [5.41, 5.74) is 1.53. The molecular weight excluding hydrogens is 328 g/mol. The number of carbonyl (C=O) groups excluding carboxylic acids is 1. The Bertz CT molecular complexity index is 763. The molecule has 0 N–H and O–H groups in total. The Balaban J connectivity index is 1.92. The number of carbonyl (C=O) groups is 1. The molecule has 0 unspecified atom stereocenters. The van der Waals surface area contributed by atoms with Gasteiger partial charge in [-0.3, -0.25) is 19.8 Å². The first-order valence-corrected chi connectivity index (χ1v) is 8.56. The molecule has 1 amide bonds. The van der Waals surface area contributed by atoms with Crippen LogP contribution in [0.1, 0.15) is 17.9 Å². The number of hydrogen-bond donors (Lipinski definition) is 0. The molecule has 0 bridgehead atoms. The van der Waals surface area contributed by atoms with Gasteiger partial charge in [0.25, 0.3) is 5.69 Å². The van der Waals surface area contributed by atoms with Gasteiger partial charge in [0.05, 0.1) is 17.3 Å². The molecular formula is C17H16N2O4S. The molecule has 1 atom stereocenters. The Kier molecular flexibility index (Phi) is 4.71. The molecule has 1 saturated heterocycles. The lowest BCUT2D eigenvalue weighted by Gasteiger charge is -2.24. The Morgan fingerprint density at radius 3 is 2.71 bits per heavy atom. The molecule has 0 aliphatic carbocycles. The molecule has 0 radical (unpaired) electrons. The molecule has 0 aromatic heterocycles. The van der Waals surface area contributed by atoms with Crippen LogP contribution < -0.4 is 9.64 Å². The van der Waals surface area contributed by atoms with Crippen LogP contribution in [0.25, 0.3) is 0 Å².